The Kier molecular flexibility index (Phi) is 8.86. The van der Waals surface area contributed by atoms with Crippen LogP contribution in [0.15, 0.2) is 71.7 Å². The Morgan fingerprint density at radius 1 is 1.12 bits per heavy atom. The largest absolute Gasteiger partial charge is 0.343 e. The molecule has 32 heavy (non-hydrogen) atoms. The number of hydrogen-bond acceptors (Lipinski definition) is 2. The highest BCUT2D eigenvalue weighted by atomic mass is 15.1. The van der Waals surface area contributed by atoms with E-state index in [4.69, 9.17) is 6.42 Å². The molecule has 2 atom stereocenters. The van der Waals surface area contributed by atoms with E-state index in [0.29, 0.717) is 0 Å². The molecule has 170 valence electrons. The van der Waals surface area contributed by atoms with Crippen LogP contribution in [0.3, 0.4) is 0 Å². The molecule has 1 aromatic carbocycles. The minimum atomic E-state index is 0.748. The highest BCUT2D eigenvalue weighted by Crippen LogP contribution is 2.41. The molecule has 0 amide bonds. The lowest BCUT2D eigenvalue weighted by Crippen LogP contribution is -2.20. The van der Waals surface area contributed by atoms with Crippen molar-refractivity contribution in [1.82, 2.24) is 5.32 Å². The van der Waals surface area contributed by atoms with E-state index in [-0.39, 0.29) is 0 Å². The maximum absolute atomic E-state index is 5.55. The van der Waals surface area contributed by atoms with Crippen LogP contribution >= 0.6 is 0 Å². The molecule has 0 radical (unpaired) electrons. The predicted octanol–water partition coefficient (Wildman–Crippen LogP) is 7.88. The van der Waals surface area contributed by atoms with Crippen molar-refractivity contribution >= 4 is 5.69 Å². The summed E-state index contributed by atoms with van der Waals surface area (Å²) in [4.78, 5) is 0. The first-order valence-corrected chi connectivity index (χ1v) is 12.3. The second-order valence-electron chi connectivity index (χ2n) is 9.57. The van der Waals surface area contributed by atoms with Gasteiger partial charge in [0, 0.05) is 17.8 Å². The lowest BCUT2D eigenvalue weighted by atomic mass is 9.86. The van der Waals surface area contributed by atoms with Gasteiger partial charge in [-0.15, -0.1) is 12.3 Å². The SMILES string of the molecule is C#CCC1=C(CCC)CC(C(=C)NC(=C)Nc2ccc(CCCC[C@H]3CC3C)cc2)=CC1. The van der Waals surface area contributed by atoms with E-state index in [1.54, 1.807) is 0 Å². The van der Waals surface area contributed by atoms with Gasteiger partial charge in [0.2, 0.25) is 0 Å². The number of benzene rings is 1. The number of hydrogen-bond donors (Lipinski definition) is 2. The molecule has 1 fully saturated rings. The van der Waals surface area contributed by atoms with Crippen molar-refractivity contribution in [3.8, 4) is 12.3 Å². The number of unbranched alkanes of at least 4 members (excludes halogenated alkanes) is 1. The molecule has 0 heterocycles. The molecular weight excluding hydrogens is 388 g/mol. The number of anilines is 1. The Bertz CT molecular complexity index is 907. The molecule has 2 N–H and O–H groups in total. The van der Waals surface area contributed by atoms with Gasteiger partial charge in [-0.05, 0) is 73.6 Å². The summed E-state index contributed by atoms with van der Waals surface area (Å²) >= 11 is 0. The average molecular weight is 429 g/mol. The predicted molar refractivity (Wildman–Crippen MR) is 139 cm³/mol. The molecule has 0 aromatic heterocycles. The van der Waals surface area contributed by atoms with E-state index in [1.165, 1.54) is 54.4 Å². The summed E-state index contributed by atoms with van der Waals surface area (Å²) in [5.41, 5.74) is 7.50. The van der Waals surface area contributed by atoms with E-state index in [9.17, 15) is 0 Å². The summed E-state index contributed by atoms with van der Waals surface area (Å²) in [6.07, 6.45) is 19.3. The molecule has 0 saturated heterocycles. The second kappa shape index (κ2) is 11.8. The summed E-state index contributed by atoms with van der Waals surface area (Å²) in [5, 5.41) is 6.72. The Balaban J connectivity index is 1.42. The minimum absolute atomic E-state index is 0.748. The summed E-state index contributed by atoms with van der Waals surface area (Å²) in [6.45, 7) is 13.0. The number of rotatable bonds is 13. The maximum atomic E-state index is 5.55. The van der Waals surface area contributed by atoms with Crippen molar-refractivity contribution in [2.75, 3.05) is 5.32 Å². The smallest absolute Gasteiger partial charge is 0.100 e. The summed E-state index contributed by atoms with van der Waals surface area (Å²) < 4.78 is 0. The monoisotopic (exact) mass is 428 g/mol. The van der Waals surface area contributed by atoms with E-state index >= 15 is 0 Å². The van der Waals surface area contributed by atoms with Gasteiger partial charge in [-0.1, -0.05) is 75.6 Å². The van der Waals surface area contributed by atoms with Crippen LogP contribution in [0, 0.1) is 24.2 Å². The lowest BCUT2D eigenvalue weighted by Gasteiger charge is -2.23. The Labute approximate surface area is 196 Å². The van der Waals surface area contributed by atoms with Gasteiger partial charge in [-0.25, -0.2) is 0 Å². The highest BCUT2D eigenvalue weighted by Gasteiger charge is 2.31. The van der Waals surface area contributed by atoms with Crippen molar-refractivity contribution in [2.45, 2.75) is 78.1 Å². The Morgan fingerprint density at radius 2 is 1.88 bits per heavy atom. The zero-order chi connectivity index (χ0) is 22.9. The van der Waals surface area contributed by atoms with Gasteiger partial charge < -0.3 is 10.6 Å². The lowest BCUT2D eigenvalue weighted by molar-refractivity contribution is 0.601. The van der Waals surface area contributed by atoms with Crippen LogP contribution in [0.5, 0.6) is 0 Å². The molecular formula is C30H40N2. The number of allylic oxidation sites excluding steroid dienone is 4. The third-order valence-electron chi connectivity index (χ3n) is 6.87. The van der Waals surface area contributed by atoms with E-state index in [0.717, 1.165) is 61.1 Å². The van der Waals surface area contributed by atoms with Gasteiger partial charge in [0.1, 0.15) is 5.82 Å². The van der Waals surface area contributed by atoms with Crippen molar-refractivity contribution < 1.29 is 0 Å². The van der Waals surface area contributed by atoms with Crippen LogP contribution in [0.4, 0.5) is 5.69 Å². The first kappa shape index (κ1) is 24.0. The van der Waals surface area contributed by atoms with Crippen LogP contribution < -0.4 is 10.6 Å². The molecule has 1 unspecified atom stereocenters. The first-order valence-electron chi connectivity index (χ1n) is 12.3. The fourth-order valence-electron chi connectivity index (χ4n) is 4.69. The highest BCUT2D eigenvalue weighted by molar-refractivity contribution is 5.50. The van der Waals surface area contributed by atoms with Crippen molar-refractivity contribution in [2.24, 2.45) is 11.8 Å². The zero-order valence-corrected chi connectivity index (χ0v) is 20.1. The molecule has 1 aromatic rings. The molecule has 2 aliphatic rings. The maximum Gasteiger partial charge on any atom is 0.100 e. The third kappa shape index (κ3) is 7.20. The van der Waals surface area contributed by atoms with E-state index in [2.05, 4.69) is 73.9 Å². The molecule has 2 nitrogen and oxygen atoms in total. The third-order valence-corrected chi connectivity index (χ3v) is 6.87. The van der Waals surface area contributed by atoms with Crippen LogP contribution in [-0.4, -0.2) is 0 Å². The zero-order valence-electron chi connectivity index (χ0n) is 20.1. The second-order valence-corrected chi connectivity index (χ2v) is 9.57. The van der Waals surface area contributed by atoms with E-state index in [1.807, 2.05) is 0 Å². The Morgan fingerprint density at radius 3 is 2.53 bits per heavy atom. The fourth-order valence-corrected chi connectivity index (χ4v) is 4.69. The van der Waals surface area contributed by atoms with Crippen molar-refractivity contribution in [3.05, 3.63) is 77.3 Å². The van der Waals surface area contributed by atoms with Crippen LogP contribution in [-0.2, 0) is 6.42 Å². The topological polar surface area (TPSA) is 24.1 Å². The van der Waals surface area contributed by atoms with Gasteiger partial charge in [-0.3, -0.25) is 0 Å². The van der Waals surface area contributed by atoms with E-state index < -0.39 is 0 Å². The van der Waals surface area contributed by atoms with Gasteiger partial charge in [0.05, 0.1) is 0 Å². The molecule has 0 spiro atoms. The molecule has 0 bridgehead atoms. The van der Waals surface area contributed by atoms with Crippen LogP contribution in [0.1, 0.15) is 77.2 Å². The summed E-state index contributed by atoms with van der Waals surface area (Å²) in [5.74, 6) is 5.55. The van der Waals surface area contributed by atoms with Crippen molar-refractivity contribution in [1.29, 1.82) is 0 Å². The molecule has 2 aliphatic carbocycles. The quantitative estimate of drug-likeness (QED) is 0.190. The van der Waals surface area contributed by atoms with Gasteiger partial charge in [0.15, 0.2) is 0 Å². The average Bonchev–Trinajstić information content (AvgIpc) is 3.48. The summed E-state index contributed by atoms with van der Waals surface area (Å²) in [7, 11) is 0. The molecule has 3 rings (SSSR count). The van der Waals surface area contributed by atoms with Gasteiger partial charge >= 0.3 is 0 Å². The first-order chi connectivity index (χ1) is 15.5. The van der Waals surface area contributed by atoms with Gasteiger partial charge in [-0.2, -0.15) is 0 Å². The number of terminal acetylenes is 1. The van der Waals surface area contributed by atoms with Gasteiger partial charge in [0.25, 0.3) is 0 Å². The Hall–Kier alpha value is -2.66. The normalized spacial score (nSPS) is 19.7. The van der Waals surface area contributed by atoms with Crippen LogP contribution in [0.2, 0.25) is 0 Å². The summed E-state index contributed by atoms with van der Waals surface area (Å²) in [6, 6.07) is 8.73. The van der Waals surface area contributed by atoms with Crippen LogP contribution in [0.25, 0.3) is 0 Å². The molecule has 1 saturated carbocycles. The minimum Gasteiger partial charge on any atom is -0.343 e. The van der Waals surface area contributed by atoms with Crippen molar-refractivity contribution in [3.63, 3.8) is 0 Å². The standard InChI is InChI=1S/C30H40N2/c1-6-10-26-16-17-28(21-29(26)11-7-2)23(4)31-24(5)32-30-18-14-25(15-19-30)12-8-9-13-27-20-22(27)3/h1,14-15,17-19,22,27,31-32H,4-5,7-13,16,20-21H2,2-3H3/t22?,27-/m0/s1. The molecule has 0 aliphatic heterocycles. The number of aryl methyl sites for hydroxylation is 1. The fraction of sp³-hybridized carbons (Fsp3) is 0.467. The molecule has 2 heteroatoms. The number of nitrogens with one attached hydrogen (secondary N) is 2.